The minimum atomic E-state index is 0.167. The lowest BCUT2D eigenvalue weighted by Crippen LogP contribution is -2.02. The number of hydrogen-bond donors (Lipinski definition) is 1. The van der Waals surface area contributed by atoms with Gasteiger partial charge in [-0.25, -0.2) is 9.97 Å². The molecule has 2 heterocycles. The number of halogens is 2. The zero-order chi connectivity index (χ0) is 10.7. The normalized spacial score (nSPS) is 10.3. The molecule has 78 valence electrons. The summed E-state index contributed by atoms with van der Waals surface area (Å²) < 4.78 is 0. The molecule has 4 nitrogen and oxygen atoms in total. The highest BCUT2D eigenvalue weighted by atomic mass is 35.5. The van der Waals surface area contributed by atoms with Gasteiger partial charge in [0.05, 0.1) is 23.9 Å². The predicted molar refractivity (Wildman–Crippen MR) is 61.5 cm³/mol. The summed E-state index contributed by atoms with van der Waals surface area (Å²) in [5.74, 6) is 0.518. The second-order valence-electron chi connectivity index (χ2n) is 2.67. The van der Waals surface area contributed by atoms with Gasteiger partial charge in [-0.1, -0.05) is 11.6 Å². The van der Waals surface area contributed by atoms with Crippen LogP contribution in [0.25, 0.3) is 0 Å². The summed E-state index contributed by atoms with van der Waals surface area (Å²) in [5, 5.41) is 5.59. The van der Waals surface area contributed by atoms with Crippen molar-refractivity contribution in [3.05, 3.63) is 33.1 Å². The molecule has 2 aromatic rings. The van der Waals surface area contributed by atoms with E-state index in [1.54, 1.807) is 5.51 Å². The second kappa shape index (κ2) is 4.74. The van der Waals surface area contributed by atoms with Gasteiger partial charge >= 0.3 is 0 Å². The van der Waals surface area contributed by atoms with E-state index in [1.807, 2.05) is 5.38 Å². The Kier molecular flexibility index (Phi) is 3.35. The van der Waals surface area contributed by atoms with E-state index in [9.17, 15) is 0 Å². The van der Waals surface area contributed by atoms with Crippen molar-refractivity contribution in [3.8, 4) is 0 Å². The lowest BCUT2D eigenvalue weighted by molar-refractivity contribution is 1.04. The van der Waals surface area contributed by atoms with Crippen LogP contribution in [0.1, 0.15) is 5.69 Å². The molecule has 2 rings (SSSR count). The molecule has 0 unspecified atom stereocenters. The van der Waals surface area contributed by atoms with Crippen molar-refractivity contribution in [2.75, 3.05) is 5.32 Å². The molecular formula is C8H6Cl2N4S. The average molecular weight is 261 g/mol. The summed E-state index contributed by atoms with van der Waals surface area (Å²) in [5.41, 5.74) is 2.71. The van der Waals surface area contributed by atoms with Gasteiger partial charge in [-0.15, -0.1) is 11.3 Å². The van der Waals surface area contributed by atoms with Gasteiger partial charge in [0, 0.05) is 5.38 Å². The SMILES string of the molecule is Clc1ncc(Cl)c(NCc2cscn2)n1. The van der Waals surface area contributed by atoms with Crippen molar-refractivity contribution in [3.63, 3.8) is 0 Å². The molecule has 0 saturated carbocycles. The van der Waals surface area contributed by atoms with Gasteiger partial charge in [-0.3, -0.25) is 0 Å². The summed E-state index contributed by atoms with van der Waals surface area (Å²) in [7, 11) is 0. The quantitative estimate of drug-likeness (QED) is 0.863. The maximum absolute atomic E-state index is 5.87. The Morgan fingerprint density at radius 3 is 2.93 bits per heavy atom. The van der Waals surface area contributed by atoms with Crippen LogP contribution in [-0.2, 0) is 6.54 Å². The Morgan fingerprint density at radius 2 is 2.20 bits per heavy atom. The highest BCUT2D eigenvalue weighted by Gasteiger charge is 2.04. The summed E-state index contributed by atoms with van der Waals surface area (Å²) in [6.07, 6.45) is 1.46. The van der Waals surface area contributed by atoms with Crippen molar-refractivity contribution in [1.29, 1.82) is 0 Å². The summed E-state index contributed by atoms with van der Waals surface area (Å²) in [6, 6.07) is 0. The fourth-order valence-electron chi connectivity index (χ4n) is 0.969. The van der Waals surface area contributed by atoms with Crippen LogP contribution in [-0.4, -0.2) is 15.0 Å². The monoisotopic (exact) mass is 260 g/mol. The Bertz CT molecular complexity index is 446. The third-order valence-electron chi connectivity index (χ3n) is 1.64. The summed E-state index contributed by atoms with van der Waals surface area (Å²) in [6.45, 7) is 0.566. The number of hydrogen-bond acceptors (Lipinski definition) is 5. The minimum Gasteiger partial charge on any atom is -0.363 e. The minimum absolute atomic E-state index is 0.167. The van der Waals surface area contributed by atoms with E-state index in [1.165, 1.54) is 17.5 Å². The number of aromatic nitrogens is 3. The van der Waals surface area contributed by atoms with Crippen molar-refractivity contribution < 1.29 is 0 Å². The predicted octanol–water partition coefficient (Wildman–Crippen LogP) is 2.85. The van der Waals surface area contributed by atoms with Crippen LogP contribution in [0.5, 0.6) is 0 Å². The van der Waals surface area contributed by atoms with E-state index < -0.39 is 0 Å². The molecular weight excluding hydrogens is 255 g/mol. The van der Waals surface area contributed by atoms with Crippen LogP contribution in [0.3, 0.4) is 0 Å². The van der Waals surface area contributed by atoms with Gasteiger partial charge in [0.15, 0.2) is 0 Å². The zero-order valence-corrected chi connectivity index (χ0v) is 9.77. The van der Waals surface area contributed by atoms with E-state index in [0.717, 1.165) is 5.69 Å². The first kappa shape index (κ1) is 10.6. The number of thiazole rings is 1. The van der Waals surface area contributed by atoms with Gasteiger partial charge in [0.25, 0.3) is 0 Å². The van der Waals surface area contributed by atoms with Gasteiger partial charge in [0.2, 0.25) is 5.28 Å². The number of rotatable bonds is 3. The van der Waals surface area contributed by atoms with Crippen molar-refractivity contribution in [1.82, 2.24) is 15.0 Å². The van der Waals surface area contributed by atoms with Crippen LogP contribution >= 0.6 is 34.5 Å². The van der Waals surface area contributed by atoms with E-state index in [0.29, 0.717) is 17.4 Å². The van der Waals surface area contributed by atoms with Crippen molar-refractivity contribution >= 4 is 40.4 Å². The smallest absolute Gasteiger partial charge is 0.224 e. The lowest BCUT2D eigenvalue weighted by Gasteiger charge is -2.04. The fraction of sp³-hybridized carbons (Fsp3) is 0.125. The van der Waals surface area contributed by atoms with Gasteiger partial charge in [-0.05, 0) is 11.6 Å². The average Bonchev–Trinajstić information content (AvgIpc) is 2.72. The molecule has 0 aliphatic carbocycles. The second-order valence-corrected chi connectivity index (χ2v) is 4.13. The van der Waals surface area contributed by atoms with Crippen LogP contribution in [0, 0.1) is 0 Å². The van der Waals surface area contributed by atoms with Crippen LogP contribution in [0.15, 0.2) is 17.1 Å². The van der Waals surface area contributed by atoms with Crippen LogP contribution in [0.2, 0.25) is 10.3 Å². The molecule has 0 atom stereocenters. The van der Waals surface area contributed by atoms with Gasteiger partial charge in [0.1, 0.15) is 10.8 Å². The molecule has 0 radical (unpaired) electrons. The largest absolute Gasteiger partial charge is 0.363 e. The van der Waals surface area contributed by atoms with E-state index in [2.05, 4.69) is 20.3 Å². The maximum atomic E-state index is 5.87. The van der Waals surface area contributed by atoms with Crippen molar-refractivity contribution in [2.45, 2.75) is 6.54 Å². The third-order valence-corrected chi connectivity index (χ3v) is 2.73. The lowest BCUT2D eigenvalue weighted by atomic mass is 10.4. The van der Waals surface area contributed by atoms with Crippen LogP contribution in [0.4, 0.5) is 5.82 Å². The molecule has 0 aliphatic rings. The molecule has 7 heteroatoms. The standard InChI is InChI=1S/C8H6Cl2N4S/c9-6-2-12-8(10)14-7(6)11-1-5-3-15-4-13-5/h2-4H,1H2,(H,11,12,14). The first-order valence-electron chi connectivity index (χ1n) is 4.04. The van der Waals surface area contributed by atoms with E-state index in [4.69, 9.17) is 23.2 Å². The van der Waals surface area contributed by atoms with E-state index >= 15 is 0 Å². The molecule has 2 aromatic heterocycles. The molecule has 0 aliphatic heterocycles. The van der Waals surface area contributed by atoms with Gasteiger partial charge in [-0.2, -0.15) is 4.98 Å². The first-order valence-corrected chi connectivity index (χ1v) is 5.74. The Labute approximate surface area is 100 Å². The molecule has 0 aromatic carbocycles. The highest BCUT2D eigenvalue weighted by molar-refractivity contribution is 7.07. The first-order chi connectivity index (χ1) is 7.25. The Morgan fingerprint density at radius 1 is 1.33 bits per heavy atom. The zero-order valence-electron chi connectivity index (χ0n) is 7.44. The maximum Gasteiger partial charge on any atom is 0.224 e. The summed E-state index contributed by atoms with van der Waals surface area (Å²) >= 11 is 13.1. The Balaban J connectivity index is 2.07. The van der Waals surface area contributed by atoms with Gasteiger partial charge < -0.3 is 5.32 Å². The van der Waals surface area contributed by atoms with Crippen molar-refractivity contribution in [2.24, 2.45) is 0 Å². The molecule has 0 spiro atoms. The fourth-order valence-corrected chi connectivity index (χ4v) is 1.82. The van der Waals surface area contributed by atoms with Crippen LogP contribution < -0.4 is 5.32 Å². The Hall–Kier alpha value is -0.910. The number of nitrogens with zero attached hydrogens (tertiary/aromatic N) is 3. The summed E-state index contributed by atoms with van der Waals surface area (Å²) in [4.78, 5) is 11.8. The molecule has 15 heavy (non-hydrogen) atoms. The number of anilines is 1. The topological polar surface area (TPSA) is 50.7 Å². The molecule has 0 amide bonds. The molecule has 0 saturated heterocycles. The molecule has 0 bridgehead atoms. The number of nitrogens with one attached hydrogen (secondary N) is 1. The molecule has 0 fully saturated rings. The van der Waals surface area contributed by atoms with E-state index in [-0.39, 0.29) is 5.28 Å². The molecule has 1 N–H and O–H groups in total. The third kappa shape index (κ3) is 2.77. The highest BCUT2D eigenvalue weighted by Crippen LogP contribution is 2.19.